The van der Waals surface area contributed by atoms with Crippen LogP contribution >= 0.6 is 0 Å². The average molecular weight is 227 g/mol. The minimum atomic E-state index is 0.756. The highest BCUT2D eigenvalue weighted by molar-refractivity contribution is 5.96. The number of hydrogen-bond acceptors (Lipinski definition) is 2. The highest BCUT2D eigenvalue weighted by Crippen LogP contribution is 2.32. The van der Waals surface area contributed by atoms with Crippen LogP contribution in [0.3, 0.4) is 0 Å². The van der Waals surface area contributed by atoms with Crippen LogP contribution in [0.2, 0.25) is 0 Å². The van der Waals surface area contributed by atoms with E-state index < -0.39 is 0 Å². The van der Waals surface area contributed by atoms with E-state index in [0.717, 1.165) is 34.7 Å². The molecule has 2 heteroatoms. The molecule has 1 fully saturated rings. The Hall–Kier alpha value is -1.70. The van der Waals surface area contributed by atoms with Gasteiger partial charge in [-0.05, 0) is 30.9 Å². The summed E-state index contributed by atoms with van der Waals surface area (Å²) in [4.78, 5) is 0. The van der Waals surface area contributed by atoms with Crippen molar-refractivity contribution >= 4 is 16.5 Å². The minimum absolute atomic E-state index is 0.756. The molecule has 2 aromatic carbocycles. The summed E-state index contributed by atoms with van der Waals surface area (Å²) in [5, 5.41) is 2.20. The molecule has 0 saturated heterocycles. The molecule has 0 bridgehead atoms. The van der Waals surface area contributed by atoms with E-state index in [1.807, 2.05) is 30.3 Å². The molecule has 0 aliphatic heterocycles. The second-order valence-corrected chi connectivity index (χ2v) is 4.81. The third-order valence-electron chi connectivity index (χ3n) is 3.62. The Morgan fingerprint density at radius 3 is 2.53 bits per heavy atom. The van der Waals surface area contributed by atoms with Crippen LogP contribution in [0.4, 0.5) is 5.69 Å². The van der Waals surface area contributed by atoms with Gasteiger partial charge in [-0.1, -0.05) is 30.7 Å². The number of nitrogens with two attached hydrogens (primary N) is 1. The quantitative estimate of drug-likeness (QED) is 0.813. The Bertz CT molecular complexity index is 531. The van der Waals surface area contributed by atoms with E-state index in [9.17, 15) is 0 Å². The maximum absolute atomic E-state index is 5.96. The third kappa shape index (κ3) is 1.95. The number of rotatable bonds is 3. The fourth-order valence-electron chi connectivity index (χ4n) is 2.29. The van der Waals surface area contributed by atoms with Crippen molar-refractivity contribution < 1.29 is 4.74 Å². The summed E-state index contributed by atoms with van der Waals surface area (Å²) in [5.74, 6) is 1.72. The van der Waals surface area contributed by atoms with Gasteiger partial charge in [0.15, 0.2) is 0 Å². The smallest absolute Gasteiger partial charge is 0.127 e. The SMILES string of the molecule is Nc1ccc(OCC2CCC2)c2ccccc12. The molecule has 0 unspecified atom stereocenters. The van der Waals surface area contributed by atoms with Crippen LogP contribution in [0.15, 0.2) is 36.4 Å². The molecule has 17 heavy (non-hydrogen) atoms. The van der Waals surface area contributed by atoms with Gasteiger partial charge in [0.05, 0.1) is 6.61 Å². The molecule has 0 spiro atoms. The van der Waals surface area contributed by atoms with Gasteiger partial charge in [-0.15, -0.1) is 0 Å². The van der Waals surface area contributed by atoms with Crippen LogP contribution < -0.4 is 10.5 Å². The van der Waals surface area contributed by atoms with Gasteiger partial charge in [-0.25, -0.2) is 0 Å². The van der Waals surface area contributed by atoms with Crippen LogP contribution in [0.5, 0.6) is 5.75 Å². The Morgan fingerprint density at radius 2 is 1.82 bits per heavy atom. The van der Waals surface area contributed by atoms with E-state index in [1.165, 1.54) is 19.3 Å². The molecule has 0 aromatic heterocycles. The highest BCUT2D eigenvalue weighted by Gasteiger charge is 2.18. The van der Waals surface area contributed by atoms with Crippen molar-refractivity contribution in [2.75, 3.05) is 12.3 Å². The van der Waals surface area contributed by atoms with E-state index in [0.29, 0.717) is 0 Å². The van der Waals surface area contributed by atoms with Gasteiger partial charge in [0, 0.05) is 16.5 Å². The number of nitrogen functional groups attached to an aromatic ring is 1. The van der Waals surface area contributed by atoms with Crippen LogP contribution in [-0.2, 0) is 0 Å². The zero-order chi connectivity index (χ0) is 11.7. The predicted octanol–water partition coefficient (Wildman–Crippen LogP) is 3.60. The molecule has 2 nitrogen and oxygen atoms in total. The molecule has 1 aliphatic rings. The molecule has 2 N–H and O–H groups in total. The lowest BCUT2D eigenvalue weighted by atomic mass is 9.86. The average Bonchev–Trinajstić information content (AvgIpc) is 2.30. The molecule has 88 valence electrons. The van der Waals surface area contributed by atoms with Gasteiger partial charge in [-0.2, -0.15) is 0 Å². The molecule has 0 atom stereocenters. The number of ether oxygens (including phenoxy) is 1. The molecule has 3 rings (SSSR count). The van der Waals surface area contributed by atoms with Crippen molar-refractivity contribution in [2.45, 2.75) is 19.3 Å². The minimum Gasteiger partial charge on any atom is -0.493 e. The summed E-state index contributed by atoms with van der Waals surface area (Å²) < 4.78 is 5.92. The molecule has 0 radical (unpaired) electrons. The number of anilines is 1. The molecular weight excluding hydrogens is 210 g/mol. The Morgan fingerprint density at radius 1 is 1.06 bits per heavy atom. The van der Waals surface area contributed by atoms with Gasteiger partial charge in [0.2, 0.25) is 0 Å². The summed E-state index contributed by atoms with van der Waals surface area (Å²) in [6, 6.07) is 12.1. The van der Waals surface area contributed by atoms with Crippen LogP contribution in [0, 0.1) is 5.92 Å². The zero-order valence-corrected chi connectivity index (χ0v) is 9.86. The first-order valence-corrected chi connectivity index (χ1v) is 6.24. The fraction of sp³-hybridized carbons (Fsp3) is 0.333. The topological polar surface area (TPSA) is 35.2 Å². The maximum Gasteiger partial charge on any atom is 0.127 e. The summed E-state index contributed by atoms with van der Waals surface area (Å²) in [5.41, 5.74) is 6.78. The standard InChI is InChI=1S/C15H17NO/c16-14-8-9-15(17-10-11-4-3-5-11)13-7-2-1-6-12(13)14/h1-2,6-9,11H,3-5,10,16H2. The van der Waals surface area contributed by atoms with Crippen molar-refractivity contribution in [3.05, 3.63) is 36.4 Å². The van der Waals surface area contributed by atoms with Gasteiger partial charge in [0.25, 0.3) is 0 Å². The molecule has 0 amide bonds. The van der Waals surface area contributed by atoms with Gasteiger partial charge >= 0.3 is 0 Å². The number of fused-ring (bicyclic) bond motifs is 1. The van der Waals surface area contributed by atoms with E-state index >= 15 is 0 Å². The third-order valence-corrected chi connectivity index (χ3v) is 3.62. The molecular formula is C15H17NO. The van der Waals surface area contributed by atoms with Crippen LogP contribution in [-0.4, -0.2) is 6.61 Å². The second kappa shape index (κ2) is 4.28. The largest absolute Gasteiger partial charge is 0.493 e. The Labute approximate surface area is 101 Å². The maximum atomic E-state index is 5.96. The molecule has 1 saturated carbocycles. The van der Waals surface area contributed by atoms with Crippen LogP contribution in [0.25, 0.3) is 10.8 Å². The van der Waals surface area contributed by atoms with Crippen molar-refractivity contribution in [1.29, 1.82) is 0 Å². The number of hydrogen-bond donors (Lipinski definition) is 1. The van der Waals surface area contributed by atoms with E-state index in [2.05, 4.69) is 6.07 Å². The van der Waals surface area contributed by atoms with Crippen molar-refractivity contribution in [3.8, 4) is 5.75 Å². The van der Waals surface area contributed by atoms with Gasteiger partial charge in [0.1, 0.15) is 5.75 Å². The van der Waals surface area contributed by atoms with Crippen molar-refractivity contribution in [2.24, 2.45) is 5.92 Å². The number of benzene rings is 2. The first-order valence-electron chi connectivity index (χ1n) is 6.24. The molecule has 2 aromatic rings. The first kappa shape index (κ1) is 10.5. The van der Waals surface area contributed by atoms with E-state index in [-0.39, 0.29) is 0 Å². The monoisotopic (exact) mass is 227 g/mol. The normalized spacial score (nSPS) is 15.8. The van der Waals surface area contributed by atoms with Gasteiger partial charge in [-0.3, -0.25) is 0 Å². The van der Waals surface area contributed by atoms with Crippen molar-refractivity contribution in [1.82, 2.24) is 0 Å². The summed E-state index contributed by atoms with van der Waals surface area (Å²) in [7, 11) is 0. The van der Waals surface area contributed by atoms with E-state index in [4.69, 9.17) is 10.5 Å². The lowest BCUT2D eigenvalue weighted by molar-refractivity contribution is 0.182. The molecule has 1 aliphatic carbocycles. The van der Waals surface area contributed by atoms with Gasteiger partial charge < -0.3 is 10.5 Å². The summed E-state index contributed by atoms with van der Waals surface area (Å²) in [6.45, 7) is 0.841. The summed E-state index contributed by atoms with van der Waals surface area (Å²) >= 11 is 0. The lowest BCUT2D eigenvalue weighted by Gasteiger charge is -2.25. The fourth-order valence-corrected chi connectivity index (χ4v) is 2.29. The zero-order valence-electron chi connectivity index (χ0n) is 9.86. The molecule has 0 heterocycles. The highest BCUT2D eigenvalue weighted by atomic mass is 16.5. The van der Waals surface area contributed by atoms with E-state index in [1.54, 1.807) is 0 Å². The van der Waals surface area contributed by atoms with Crippen molar-refractivity contribution in [3.63, 3.8) is 0 Å². The second-order valence-electron chi connectivity index (χ2n) is 4.81. The lowest BCUT2D eigenvalue weighted by Crippen LogP contribution is -2.19. The predicted molar refractivity (Wildman–Crippen MR) is 71.2 cm³/mol. The Kier molecular flexibility index (Phi) is 2.63. The van der Waals surface area contributed by atoms with Crippen LogP contribution in [0.1, 0.15) is 19.3 Å². The Balaban J connectivity index is 1.90. The first-order chi connectivity index (χ1) is 8.34. The summed E-state index contributed by atoms with van der Waals surface area (Å²) in [6.07, 6.45) is 3.98.